The third-order valence-electron chi connectivity index (χ3n) is 2.58. The highest BCUT2D eigenvalue weighted by Gasteiger charge is 2.13. The van der Waals surface area contributed by atoms with E-state index in [1.54, 1.807) is 36.6 Å². The summed E-state index contributed by atoms with van der Waals surface area (Å²) in [7, 11) is 0. The van der Waals surface area contributed by atoms with E-state index in [0.717, 1.165) is 0 Å². The van der Waals surface area contributed by atoms with Gasteiger partial charge in [0.1, 0.15) is 5.82 Å². The Morgan fingerprint density at radius 2 is 2.21 bits per heavy atom. The number of hydrazone groups is 1. The van der Waals surface area contributed by atoms with Crippen molar-refractivity contribution in [2.45, 2.75) is 19.3 Å². The lowest BCUT2D eigenvalue weighted by atomic mass is 10.1. The van der Waals surface area contributed by atoms with Gasteiger partial charge < -0.3 is 4.74 Å². The largest absolute Gasteiger partial charge is 0.466 e. The molecule has 0 aliphatic carbocycles. The minimum atomic E-state index is -0.209. The van der Waals surface area contributed by atoms with Crippen LogP contribution in [0.25, 0.3) is 0 Å². The van der Waals surface area contributed by atoms with Crippen molar-refractivity contribution >= 4 is 12.2 Å². The summed E-state index contributed by atoms with van der Waals surface area (Å²) in [5, 5.41) is 5.96. The topological polar surface area (TPSA) is 67.7 Å². The van der Waals surface area contributed by atoms with E-state index in [1.165, 1.54) is 0 Å². The zero-order valence-electron chi connectivity index (χ0n) is 10.8. The van der Waals surface area contributed by atoms with Gasteiger partial charge in [-0.1, -0.05) is 6.08 Å². The van der Waals surface area contributed by atoms with Crippen LogP contribution in [0.5, 0.6) is 0 Å². The number of hydrogen-bond acceptors (Lipinski definition) is 6. The molecule has 1 atom stereocenters. The summed E-state index contributed by atoms with van der Waals surface area (Å²) in [6, 6.07) is 1.78. The predicted octanol–water partition coefficient (Wildman–Crippen LogP) is 1.33. The average molecular weight is 260 g/mol. The van der Waals surface area contributed by atoms with Crippen LogP contribution in [0.3, 0.4) is 0 Å². The average Bonchev–Trinajstić information content (AvgIpc) is 2.47. The summed E-state index contributed by atoms with van der Waals surface area (Å²) >= 11 is 0. The molecule has 0 N–H and O–H groups in total. The fourth-order valence-corrected chi connectivity index (χ4v) is 1.64. The van der Waals surface area contributed by atoms with E-state index in [2.05, 4.69) is 15.1 Å². The van der Waals surface area contributed by atoms with Gasteiger partial charge in [0, 0.05) is 24.8 Å². The molecular formula is C13H16N4O2. The molecule has 0 amide bonds. The fourth-order valence-electron chi connectivity index (χ4n) is 1.64. The molecule has 0 fully saturated rings. The Kier molecular flexibility index (Phi) is 4.60. The molecule has 0 spiro atoms. The van der Waals surface area contributed by atoms with Crippen molar-refractivity contribution < 1.29 is 9.53 Å². The first-order valence-corrected chi connectivity index (χ1v) is 6.21. The molecule has 0 bridgehead atoms. The molecule has 100 valence electrons. The Hall–Kier alpha value is -2.24. The van der Waals surface area contributed by atoms with Gasteiger partial charge in [0.2, 0.25) is 0 Å². The summed E-state index contributed by atoms with van der Waals surface area (Å²) in [5.74, 6) is 0.493. The molecule has 1 aromatic heterocycles. The molecule has 2 heterocycles. The van der Waals surface area contributed by atoms with E-state index >= 15 is 0 Å². The Labute approximate surface area is 111 Å². The van der Waals surface area contributed by atoms with Crippen LogP contribution < -0.4 is 0 Å². The predicted molar refractivity (Wildman–Crippen MR) is 70.4 cm³/mol. The first-order chi connectivity index (χ1) is 9.29. The summed E-state index contributed by atoms with van der Waals surface area (Å²) < 4.78 is 4.86. The van der Waals surface area contributed by atoms with Crippen molar-refractivity contribution in [1.29, 1.82) is 0 Å². The lowest BCUT2D eigenvalue weighted by molar-refractivity contribution is -0.143. The second-order valence-electron chi connectivity index (χ2n) is 3.96. The van der Waals surface area contributed by atoms with E-state index in [-0.39, 0.29) is 11.9 Å². The number of esters is 1. The second-order valence-corrected chi connectivity index (χ2v) is 3.96. The van der Waals surface area contributed by atoms with Crippen molar-refractivity contribution in [3.63, 3.8) is 0 Å². The molecule has 1 unspecified atom stereocenters. The van der Waals surface area contributed by atoms with Crippen LogP contribution in [0.4, 0.5) is 0 Å². The molecule has 2 rings (SSSR count). The van der Waals surface area contributed by atoms with Crippen LogP contribution in [-0.4, -0.2) is 40.3 Å². The second kappa shape index (κ2) is 6.63. The maximum atomic E-state index is 11.2. The normalized spacial score (nSPS) is 17.5. The first-order valence-electron chi connectivity index (χ1n) is 6.21. The third kappa shape index (κ3) is 3.87. The standard InChI is InChI=1S/C13H16N4O2/c1-2-19-12(18)5-9-17-8-4-11(10-16-17)13-14-6-3-7-15-13/h3-4,6-8,10-11H,2,5,9H2,1H3. The zero-order valence-corrected chi connectivity index (χ0v) is 10.8. The van der Waals surface area contributed by atoms with E-state index in [0.29, 0.717) is 25.4 Å². The van der Waals surface area contributed by atoms with Gasteiger partial charge in [-0.3, -0.25) is 9.80 Å². The number of ether oxygens (including phenoxy) is 1. The Bertz CT molecular complexity index is 459. The van der Waals surface area contributed by atoms with Crippen LogP contribution >= 0.6 is 0 Å². The Morgan fingerprint density at radius 3 is 2.84 bits per heavy atom. The SMILES string of the molecule is CCOC(=O)CCN1C=CC(c2ncccn2)C=N1. The van der Waals surface area contributed by atoms with Crippen LogP contribution in [0, 0.1) is 0 Å². The summed E-state index contributed by atoms with van der Waals surface area (Å²) in [6.07, 6.45) is 9.28. The lowest BCUT2D eigenvalue weighted by Crippen LogP contribution is -2.20. The molecule has 1 aliphatic heterocycles. The van der Waals surface area contributed by atoms with Gasteiger partial charge >= 0.3 is 5.97 Å². The van der Waals surface area contributed by atoms with Gasteiger partial charge in [-0.25, -0.2) is 9.97 Å². The van der Waals surface area contributed by atoms with E-state index in [4.69, 9.17) is 4.74 Å². The number of rotatable bonds is 5. The highest BCUT2D eigenvalue weighted by Crippen LogP contribution is 2.14. The molecule has 1 aromatic rings. The highest BCUT2D eigenvalue weighted by molar-refractivity contribution is 5.70. The van der Waals surface area contributed by atoms with E-state index in [1.807, 2.05) is 12.3 Å². The van der Waals surface area contributed by atoms with E-state index in [9.17, 15) is 4.79 Å². The number of hydrogen-bond donors (Lipinski definition) is 0. The molecule has 6 nitrogen and oxygen atoms in total. The summed E-state index contributed by atoms with van der Waals surface area (Å²) in [6.45, 7) is 2.71. The Morgan fingerprint density at radius 1 is 1.42 bits per heavy atom. The van der Waals surface area contributed by atoms with Crippen molar-refractivity contribution in [2.24, 2.45) is 5.10 Å². The number of aromatic nitrogens is 2. The molecule has 0 saturated carbocycles. The van der Waals surface area contributed by atoms with Gasteiger partial charge in [-0.2, -0.15) is 5.10 Å². The zero-order chi connectivity index (χ0) is 13.5. The fraction of sp³-hybridized carbons (Fsp3) is 0.385. The third-order valence-corrected chi connectivity index (χ3v) is 2.58. The molecule has 0 saturated heterocycles. The first kappa shape index (κ1) is 13.2. The van der Waals surface area contributed by atoms with Gasteiger partial charge in [-0.15, -0.1) is 0 Å². The quantitative estimate of drug-likeness (QED) is 0.747. The minimum absolute atomic E-state index is 0.0138. The van der Waals surface area contributed by atoms with Gasteiger partial charge in [0.05, 0.1) is 25.5 Å². The summed E-state index contributed by atoms with van der Waals surface area (Å²) in [5.41, 5.74) is 0. The maximum absolute atomic E-state index is 11.2. The number of carbonyl (C=O) groups excluding carboxylic acids is 1. The minimum Gasteiger partial charge on any atom is -0.466 e. The lowest BCUT2D eigenvalue weighted by Gasteiger charge is -2.19. The van der Waals surface area contributed by atoms with Gasteiger partial charge in [0.25, 0.3) is 0 Å². The van der Waals surface area contributed by atoms with Crippen LogP contribution in [0.15, 0.2) is 35.8 Å². The maximum Gasteiger partial charge on any atom is 0.307 e. The number of nitrogens with zero attached hydrogens (tertiary/aromatic N) is 4. The molecule has 6 heteroatoms. The van der Waals surface area contributed by atoms with Crippen LogP contribution in [-0.2, 0) is 9.53 Å². The van der Waals surface area contributed by atoms with Crippen molar-refractivity contribution in [2.75, 3.05) is 13.2 Å². The van der Waals surface area contributed by atoms with E-state index < -0.39 is 0 Å². The number of carbonyl (C=O) groups is 1. The van der Waals surface area contributed by atoms with Crippen molar-refractivity contribution in [1.82, 2.24) is 15.0 Å². The van der Waals surface area contributed by atoms with Crippen LogP contribution in [0.2, 0.25) is 0 Å². The number of allylic oxidation sites excluding steroid dienone is 1. The van der Waals surface area contributed by atoms with Gasteiger partial charge in [-0.05, 0) is 13.0 Å². The Balaban J connectivity index is 1.84. The highest BCUT2D eigenvalue weighted by atomic mass is 16.5. The molecule has 19 heavy (non-hydrogen) atoms. The molecule has 0 aromatic carbocycles. The van der Waals surface area contributed by atoms with Crippen molar-refractivity contribution in [3.8, 4) is 0 Å². The van der Waals surface area contributed by atoms with Crippen LogP contribution in [0.1, 0.15) is 25.1 Å². The molecular weight excluding hydrogens is 244 g/mol. The summed E-state index contributed by atoms with van der Waals surface area (Å²) in [4.78, 5) is 19.6. The smallest absolute Gasteiger partial charge is 0.307 e. The van der Waals surface area contributed by atoms with Crippen molar-refractivity contribution in [3.05, 3.63) is 36.6 Å². The van der Waals surface area contributed by atoms with Gasteiger partial charge in [0.15, 0.2) is 0 Å². The molecule has 1 aliphatic rings. The monoisotopic (exact) mass is 260 g/mol. The molecule has 0 radical (unpaired) electrons.